The van der Waals surface area contributed by atoms with E-state index in [0.29, 0.717) is 17.2 Å². The highest BCUT2D eigenvalue weighted by Crippen LogP contribution is 2.30. The molecule has 4 aromatic heterocycles. The summed E-state index contributed by atoms with van der Waals surface area (Å²) in [4.78, 5) is 23.9. The van der Waals surface area contributed by atoms with Crippen LogP contribution in [0.1, 0.15) is 0 Å². The molecule has 10 nitrogen and oxygen atoms in total. The molecule has 0 unspecified atom stereocenters. The average molecular weight is 541 g/mol. The van der Waals surface area contributed by atoms with Crippen molar-refractivity contribution in [1.29, 1.82) is 0 Å². The molecule has 39 heavy (non-hydrogen) atoms. The number of imidazole rings is 1. The summed E-state index contributed by atoms with van der Waals surface area (Å²) >= 11 is 1.64. The summed E-state index contributed by atoms with van der Waals surface area (Å²) in [7, 11) is 0. The van der Waals surface area contributed by atoms with Gasteiger partial charge < -0.3 is 24.6 Å². The Morgan fingerprint density at radius 3 is 2.23 bits per heavy atom. The van der Waals surface area contributed by atoms with E-state index in [1.165, 1.54) is 5.69 Å². The number of benzene rings is 1. The van der Waals surface area contributed by atoms with Crippen LogP contribution in [-0.2, 0) is 9.47 Å². The van der Waals surface area contributed by atoms with Gasteiger partial charge in [-0.25, -0.2) is 19.9 Å². The van der Waals surface area contributed by atoms with Crippen LogP contribution in [0.2, 0.25) is 0 Å². The highest BCUT2D eigenvalue weighted by molar-refractivity contribution is 7.08. The Morgan fingerprint density at radius 2 is 1.54 bits per heavy atom. The lowest BCUT2D eigenvalue weighted by atomic mass is 10.2. The molecular weight excluding hydrogens is 512 g/mol. The molecule has 0 atom stereocenters. The van der Waals surface area contributed by atoms with Crippen molar-refractivity contribution in [3.8, 4) is 17.1 Å². The topological polar surface area (TPSA) is 93.5 Å². The van der Waals surface area contributed by atoms with Gasteiger partial charge in [-0.2, -0.15) is 11.3 Å². The van der Waals surface area contributed by atoms with Gasteiger partial charge in [0.05, 0.1) is 32.1 Å². The van der Waals surface area contributed by atoms with Crippen molar-refractivity contribution in [2.75, 3.05) is 67.7 Å². The maximum atomic E-state index is 5.49. The van der Waals surface area contributed by atoms with E-state index < -0.39 is 0 Å². The third-order valence-corrected chi connectivity index (χ3v) is 7.70. The monoisotopic (exact) mass is 540 g/mol. The van der Waals surface area contributed by atoms with E-state index in [9.17, 15) is 0 Å². The Hall–Kier alpha value is -4.06. The maximum Gasteiger partial charge on any atom is 0.170 e. The van der Waals surface area contributed by atoms with Gasteiger partial charge >= 0.3 is 0 Å². The minimum Gasteiger partial charge on any atom is -0.378 e. The largest absolute Gasteiger partial charge is 0.378 e. The van der Waals surface area contributed by atoms with Gasteiger partial charge in [0.1, 0.15) is 12.1 Å². The number of thiophene rings is 1. The van der Waals surface area contributed by atoms with Crippen molar-refractivity contribution < 1.29 is 9.47 Å². The molecule has 2 aliphatic heterocycles. The van der Waals surface area contributed by atoms with Gasteiger partial charge in [-0.3, -0.25) is 4.57 Å². The van der Waals surface area contributed by atoms with E-state index in [0.717, 1.165) is 81.0 Å². The Bertz CT molecular complexity index is 1540. The first-order valence-electron chi connectivity index (χ1n) is 13.1. The van der Waals surface area contributed by atoms with Crippen LogP contribution in [0.15, 0.2) is 65.7 Å². The number of fused-ring (bicyclic) bond motifs is 1. The van der Waals surface area contributed by atoms with Crippen LogP contribution >= 0.6 is 11.3 Å². The quantitative estimate of drug-likeness (QED) is 0.337. The molecule has 1 aromatic carbocycles. The molecule has 0 spiro atoms. The van der Waals surface area contributed by atoms with Crippen LogP contribution < -0.4 is 15.1 Å². The van der Waals surface area contributed by atoms with Crippen LogP contribution in [0, 0.1) is 0 Å². The standard InChI is InChI=1S/C28H28N8O2S/c1-6-24(35-10-14-38-15-11-35)29-17-20(1)26-32-27(25-28(33-26)36(19-30-25)23-7-16-39-18-23)31-21-2-4-22(5-3-21)34-8-12-37-13-9-34/h1-7,16-19H,8-15H2,(H,31,32,33). The first kappa shape index (κ1) is 24.0. The summed E-state index contributed by atoms with van der Waals surface area (Å²) in [5.41, 5.74) is 5.43. The molecule has 0 amide bonds. The number of hydrogen-bond donors (Lipinski definition) is 1. The van der Waals surface area contributed by atoms with Crippen molar-refractivity contribution in [2.45, 2.75) is 0 Å². The molecule has 0 saturated carbocycles. The number of rotatable bonds is 6. The van der Waals surface area contributed by atoms with E-state index in [1.807, 2.05) is 28.3 Å². The number of anilines is 4. The van der Waals surface area contributed by atoms with Crippen molar-refractivity contribution in [1.82, 2.24) is 24.5 Å². The minimum atomic E-state index is 0.591. The lowest BCUT2D eigenvalue weighted by Crippen LogP contribution is -2.36. The van der Waals surface area contributed by atoms with Gasteiger partial charge in [0, 0.05) is 54.7 Å². The molecule has 2 fully saturated rings. The Balaban J connectivity index is 1.24. The molecule has 0 aliphatic carbocycles. The first-order chi connectivity index (χ1) is 19.3. The summed E-state index contributed by atoms with van der Waals surface area (Å²) < 4.78 is 13.0. The fourth-order valence-corrected chi connectivity index (χ4v) is 5.54. The number of nitrogens with one attached hydrogen (secondary N) is 1. The number of hydrogen-bond acceptors (Lipinski definition) is 10. The zero-order valence-electron chi connectivity index (χ0n) is 21.4. The van der Waals surface area contributed by atoms with Gasteiger partial charge in [0.2, 0.25) is 0 Å². The van der Waals surface area contributed by atoms with E-state index in [2.05, 4.69) is 50.8 Å². The Labute approximate surface area is 229 Å². The normalized spacial score (nSPS) is 16.1. The predicted molar refractivity (Wildman–Crippen MR) is 154 cm³/mol. The molecule has 0 radical (unpaired) electrons. The van der Waals surface area contributed by atoms with E-state index in [1.54, 1.807) is 17.7 Å². The third-order valence-electron chi connectivity index (χ3n) is 7.03. The zero-order valence-corrected chi connectivity index (χ0v) is 22.2. The van der Waals surface area contributed by atoms with E-state index in [-0.39, 0.29) is 0 Å². The number of nitrogens with zero attached hydrogens (tertiary/aromatic N) is 7. The molecule has 198 valence electrons. The Kier molecular flexibility index (Phi) is 6.53. The molecule has 2 aliphatic rings. The molecule has 6 heterocycles. The molecule has 7 rings (SSSR count). The van der Waals surface area contributed by atoms with Gasteiger partial charge in [-0.1, -0.05) is 0 Å². The van der Waals surface area contributed by atoms with Crippen molar-refractivity contribution >= 4 is 45.5 Å². The van der Waals surface area contributed by atoms with E-state index >= 15 is 0 Å². The molecular formula is C28H28N8O2S. The Morgan fingerprint density at radius 1 is 0.769 bits per heavy atom. The van der Waals surface area contributed by atoms with Crippen LogP contribution in [0.4, 0.5) is 23.0 Å². The summed E-state index contributed by atoms with van der Waals surface area (Å²) in [5, 5.41) is 7.63. The van der Waals surface area contributed by atoms with Gasteiger partial charge in [0.15, 0.2) is 22.8 Å². The lowest BCUT2D eigenvalue weighted by Gasteiger charge is -2.28. The van der Waals surface area contributed by atoms with Crippen LogP contribution in [0.5, 0.6) is 0 Å². The minimum absolute atomic E-state index is 0.591. The summed E-state index contributed by atoms with van der Waals surface area (Å²) in [6.45, 7) is 6.45. The summed E-state index contributed by atoms with van der Waals surface area (Å²) in [5.74, 6) is 2.18. The fraction of sp³-hybridized carbons (Fsp3) is 0.286. The second-order valence-corrected chi connectivity index (χ2v) is 10.2. The summed E-state index contributed by atoms with van der Waals surface area (Å²) in [6, 6.07) is 14.5. The van der Waals surface area contributed by atoms with Crippen LogP contribution in [0.25, 0.3) is 28.2 Å². The lowest BCUT2D eigenvalue weighted by molar-refractivity contribution is 0.122. The smallest absolute Gasteiger partial charge is 0.170 e. The number of ether oxygens (including phenoxy) is 2. The SMILES string of the molecule is c1cc(-n2cnc3c(Nc4ccc(N5CCOCC5)cc4)nc(-c4ccc(N5CCOCC5)nc4)nc32)cs1. The zero-order chi connectivity index (χ0) is 26.0. The van der Waals surface area contributed by atoms with Gasteiger partial charge in [-0.05, 0) is 47.8 Å². The third kappa shape index (κ3) is 4.91. The first-order valence-corrected chi connectivity index (χ1v) is 14.0. The van der Waals surface area contributed by atoms with Crippen molar-refractivity contribution in [3.63, 3.8) is 0 Å². The number of pyridine rings is 1. The number of aromatic nitrogens is 5. The van der Waals surface area contributed by atoms with Crippen molar-refractivity contribution in [3.05, 3.63) is 65.7 Å². The predicted octanol–water partition coefficient (Wildman–Crippen LogP) is 4.36. The molecule has 1 N–H and O–H groups in total. The highest BCUT2D eigenvalue weighted by atomic mass is 32.1. The number of morpholine rings is 2. The van der Waals surface area contributed by atoms with Crippen molar-refractivity contribution in [2.24, 2.45) is 0 Å². The summed E-state index contributed by atoms with van der Waals surface area (Å²) in [6.07, 6.45) is 3.65. The van der Waals surface area contributed by atoms with Crippen LogP contribution in [-0.4, -0.2) is 77.1 Å². The highest BCUT2D eigenvalue weighted by Gasteiger charge is 2.18. The molecule has 5 aromatic rings. The molecule has 11 heteroatoms. The molecule has 0 bridgehead atoms. The average Bonchev–Trinajstić information content (AvgIpc) is 3.69. The van der Waals surface area contributed by atoms with E-state index in [4.69, 9.17) is 29.4 Å². The second-order valence-electron chi connectivity index (χ2n) is 9.44. The van der Waals surface area contributed by atoms with Gasteiger partial charge in [0.25, 0.3) is 0 Å². The second kappa shape index (κ2) is 10.6. The van der Waals surface area contributed by atoms with Gasteiger partial charge in [-0.15, -0.1) is 0 Å². The maximum absolute atomic E-state index is 5.49. The fourth-order valence-electron chi connectivity index (χ4n) is 4.91. The van der Waals surface area contributed by atoms with Crippen LogP contribution in [0.3, 0.4) is 0 Å². The molecule has 2 saturated heterocycles.